The maximum Gasteiger partial charge on any atom is 0.0447 e. The van der Waals surface area contributed by atoms with E-state index < -0.39 is 0 Å². The highest BCUT2D eigenvalue weighted by Crippen LogP contribution is 2.59. The van der Waals surface area contributed by atoms with E-state index in [4.69, 9.17) is 23.2 Å². The van der Waals surface area contributed by atoms with Gasteiger partial charge in [-0.15, -0.1) is 0 Å². The smallest absolute Gasteiger partial charge is 0.0447 e. The summed E-state index contributed by atoms with van der Waals surface area (Å²) in [6.07, 6.45) is 2.99. The number of aliphatic hydroxyl groups is 1. The molecular formula is C19H18Cl2O. The largest absolute Gasteiger partial charge is 0.396 e. The molecule has 0 amide bonds. The number of halogens is 2. The molecule has 0 fully saturated rings. The van der Waals surface area contributed by atoms with Crippen molar-refractivity contribution in [3.05, 3.63) is 68.7 Å². The monoisotopic (exact) mass is 332 g/mol. The highest BCUT2D eigenvalue weighted by Gasteiger charge is 2.44. The van der Waals surface area contributed by atoms with Crippen molar-refractivity contribution in [1.29, 1.82) is 0 Å². The Morgan fingerprint density at radius 3 is 2.09 bits per heavy atom. The van der Waals surface area contributed by atoms with Gasteiger partial charge in [0, 0.05) is 28.5 Å². The Kier molecular flexibility index (Phi) is 3.68. The van der Waals surface area contributed by atoms with Crippen LogP contribution in [0, 0.1) is 5.92 Å². The van der Waals surface area contributed by atoms with Crippen LogP contribution in [0.1, 0.15) is 53.4 Å². The summed E-state index contributed by atoms with van der Waals surface area (Å²) < 4.78 is 0. The van der Waals surface area contributed by atoms with E-state index in [0.29, 0.717) is 17.8 Å². The van der Waals surface area contributed by atoms with Gasteiger partial charge in [-0.3, -0.25) is 0 Å². The third-order valence-corrected chi connectivity index (χ3v) is 5.94. The average Bonchev–Trinajstić information content (AvgIpc) is 2.53. The molecular weight excluding hydrogens is 315 g/mol. The Hall–Kier alpha value is -1.02. The van der Waals surface area contributed by atoms with E-state index in [2.05, 4.69) is 24.3 Å². The van der Waals surface area contributed by atoms with Crippen LogP contribution in [-0.4, -0.2) is 11.7 Å². The van der Waals surface area contributed by atoms with Crippen LogP contribution >= 0.6 is 23.2 Å². The average molecular weight is 333 g/mol. The van der Waals surface area contributed by atoms with E-state index in [1.807, 2.05) is 12.1 Å². The lowest BCUT2D eigenvalue weighted by atomic mass is 9.58. The van der Waals surface area contributed by atoms with Gasteiger partial charge in [-0.05, 0) is 59.6 Å². The van der Waals surface area contributed by atoms with Gasteiger partial charge < -0.3 is 5.11 Å². The van der Waals surface area contributed by atoms with Crippen LogP contribution in [0.4, 0.5) is 0 Å². The molecule has 22 heavy (non-hydrogen) atoms. The SMILES string of the molecule is OCCCC1CC2c3c(Cl)cccc3C1c1cccc(Cl)c12. The third-order valence-electron chi connectivity index (χ3n) is 5.28. The molecule has 0 radical (unpaired) electrons. The molecule has 1 nitrogen and oxygen atoms in total. The minimum absolute atomic E-state index is 0.263. The Bertz CT molecular complexity index is 672. The van der Waals surface area contributed by atoms with Gasteiger partial charge in [-0.1, -0.05) is 47.5 Å². The lowest BCUT2D eigenvalue weighted by Crippen LogP contribution is -2.32. The highest BCUT2D eigenvalue weighted by atomic mass is 35.5. The number of hydrogen-bond acceptors (Lipinski definition) is 1. The zero-order valence-electron chi connectivity index (χ0n) is 12.2. The maximum atomic E-state index is 9.20. The van der Waals surface area contributed by atoms with Crippen molar-refractivity contribution < 1.29 is 5.11 Å². The van der Waals surface area contributed by atoms with Crippen LogP contribution in [-0.2, 0) is 0 Å². The molecule has 1 unspecified atom stereocenters. The first kappa shape index (κ1) is 14.6. The fraction of sp³-hybridized carbons (Fsp3) is 0.368. The molecule has 3 aliphatic carbocycles. The Morgan fingerprint density at radius 2 is 1.55 bits per heavy atom. The quantitative estimate of drug-likeness (QED) is 0.801. The third kappa shape index (κ3) is 2.03. The van der Waals surface area contributed by atoms with Gasteiger partial charge in [0.05, 0.1) is 0 Å². The second-order valence-corrected chi connectivity index (χ2v) is 7.19. The molecule has 5 rings (SSSR count). The van der Waals surface area contributed by atoms with Crippen molar-refractivity contribution in [2.24, 2.45) is 5.92 Å². The van der Waals surface area contributed by atoms with Crippen molar-refractivity contribution in [3.63, 3.8) is 0 Å². The Labute approximate surface area is 140 Å². The normalized spacial score (nSPS) is 25.0. The molecule has 114 valence electrons. The van der Waals surface area contributed by atoms with Gasteiger partial charge in [0.1, 0.15) is 0 Å². The number of rotatable bonds is 3. The van der Waals surface area contributed by atoms with E-state index in [1.54, 1.807) is 0 Å². The minimum Gasteiger partial charge on any atom is -0.396 e. The van der Waals surface area contributed by atoms with Crippen LogP contribution < -0.4 is 0 Å². The first-order valence-corrected chi connectivity index (χ1v) is 8.65. The molecule has 2 aromatic carbocycles. The first-order chi connectivity index (χ1) is 10.7. The minimum atomic E-state index is 0.263. The van der Waals surface area contributed by atoms with Gasteiger partial charge in [0.15, 0.2) is 0 Å². The molecule has 2 bridgehead atoms. The van der Waals surface area contributed by atoms with Gasteiger partial charge in [-0.25, -0.2) is 0 Å². The molecule has 3 aliphatic rings. The number of hydrogen-bond donors (Lipinski definition) is 1. The summed E-state index contributed by atoms with van der Waals surface area (Å²) in [7, 11) is 0. The number of aliphatic hydroxyl groups excluding tert-OH is 1. The summed E-state index contributed by atoms with van der Waals surface area (Å²) in [6.45, 7) is 0.263. The standard InChI is InChI=1S/C19H18Cl2O/c20-15-7-1-5-12-17-11(4-3-9-22)10-14(18(12)15)19-13(17)6-2-8-16(19)21/h1-2,5-8,11,14,17,22H,3-4,9-10H2. The summed E-state index contributed by atoms with van der Waals surface area (Å²) in [5.41, 5.74) is 5.27. The summed E-state index contributed by atoms with van der Waals surface area (Å²) in [5.74, 6) is 1.22. The Morgan fingerprint density at radius 1 is 0.955 bits per heavy atom. The maximum absolute atomic E-state index is 9.20. The fourth-order valence-corrected chi connectivity index (χ4v) is 5.14. The van der Waals surface area contributed by atoms with Gasteiger partial charge in [0.2, 0.25) is 0 Å². The zero-order chi connectivity index (χ0) is 15.3. The predicted molar refractivity (Wildman–Crippen MR) is 91.0 cm³/mol. The molecule has 0 spiro atoms. The van der Waals surface area contributed by atoms with Gasteiger partial charge >= 0.3 is 0 Å². The van der Waals surface area contributed by atoms with Crippen molar-refractivity contribution in [2.75, 3.05) is 6.61 Å². The molecule has 0 heterocycles. The first-order valence-electron chi connectivity index (χ1n) is 7.90. The molecule has 0 saturated carbocycles. The van der Waals surface area contributed by atoms with E-state index >= 15 is 0 Å². The lowest BCUT2D eigenvalue weighted by molar-refractivity contribution is 0.251. The molecule has 0 aliphatic heterocycles. The molecule has 0 saturated heterocycles. The molecule has 2 aromatic rings. The lowest BCUT2D eigenvalue weighted by Gasteiger charge is -2.46. The molecule has 1 atom stereocenters. The summed E-state index contributed by atoms with van der Waals surface area (Å²) in [5, 5.41) is 10.9. The van der Waals surface area contributed by atoms with E-state index in [0.717, 1.165) is 29.3 Å². The summed E-state index contributed by atoms with van der Waals surface area (Å²) in [6, 6.07) is 12.5. The van der Waals surface area contributed by atoms with Crippen molar-refractivity contribution in [1.82, 2.24) is 0 Å². The predicted octanol–water partition coefficient (Wildman–Crippen LogP) is 5.36. The van der Waals surface area contributed by atoms with Crippen LogP contribution in [0.15, 0.2) is 36.4 Å². The molecule has 3 heteroatoms. The van der Waals surface area contributed by atoms with Gasteiger partial charge in [0.25, 0.3) is 0 Å². The van der Waals surface area contributed by atoms with E-state index in [1.165, 1.54) is 22.3 Å². The van der Waals surface area contributed by atoms with E-state index in [-0.39, 0.29) is 6.61 Å². The van der Waals surface area contributed by atoms with Crippen molar-refractivity contribution in [3.8, 4) is 0 Å². The highest BCUT2D eigenvalue weighted by molar-refractivity contribution is 6.32. The van der Waals surface area contributed by atoms with Crippen LogP contribution in [0.3, 0.4) is 0 Å². The van der Waals surface area contributed by atoms with Crippen LogP contribution in [0.5, 0.6) is 0 Å². The number of benzene rings is 2. The Balaban J connectivity index is 1.91. The summed E-state index contributed by atoms with van der Waals surface area (Å²) >= 11 is 13.0. The molecule has 0 aromatic heterocycles. The summed E-state index contributed by atoms with van der Waals surface area (Å²) in [4.78, 5) is 0. The van der Waals surface area contributed by atoms with Crippen LogP contribution in [0.2, 0.25) is 10.0 Å². The van der Waals surface area contributed by atoms with E-state index in [9.17, 15) is 5.11 Å². The zero-order valence-corrected chi connectivity index (χ0v) is 13.7. The van der Waals surface area contributed by atoms with Crippen molar-refractivity contribution >= 4 is 23.2 Å². The topological polar surface area (TPSA) is 20.2 Å². The fourth-order valence-electron chi connectivity index (χ4n) is 4.52. The van der Waals surface area contributed by atoms with Gasteiger partial charge in [-0.2, -0.15) is 0 Å². The van der Waals surface area contributed by atoms with Crippen LogP contribution in [0.25, 0.3) is 0 Å². The number of fused-ring (bicyclic) bond motifs is 1. The second-order valence-electron chi connectivity index (χ2n) is 6.38. The second kappa shape index (κ2) is 5.56. The molecule has 1 N–H and O–H groups in total. The van der Waals surface area contributed by atoms with Crippen molar-refractivity contribution in [2.45, 2.75) is 31.1 Å².